The third kappa shape index (κ3) is 1.02. The van der Waals surface area contributed by atoms with Crippen molar-refractivity contribution >= 4 is 15.8 Å². The molecule has 70 valence electrons. The molecule has 2 atom stereocenters. The maximum atomic E-state index is 11.0. The Hall–Kier alpha value is -0.620. The molecule has 1 fully saturated rings. The van der Waals surface area contributed by atoms with E-state index in [1.54, 1.807) is 0 Å². The molecule has 1 saturated carbocycles. The third-order valence-corrected chi connectivity index (χ3v) is 4.29. The van der Waals surface area contributed by atoms with Crippen molar-refractivity contribution < 1.29 is 23.4 Å². The number of aliphatic hydroxyl groups is 1. The van der Waals surface area contributed by atoms with Crippen molar-refractivity contribution in [3.05, 3.63) is 0 Å². The van der Waals surface area contributed by atoms with E-state index < -0.39 is 26.5 Å². The number of sulfone groups is 1. The lowest BCUT2D eigenvalue weighted by molar-refractivity contribution is -0.137. The van der Waals surface area contributed by atoms with Crippen LogP contribution < -0.4 is 0 Å². The molecule has 6 heteroatoms. The quantitative estimate of drug-likeness (QED) is 0.593. The highest BCUT2D eigenvalue weighted by molar-refractivity contribution is 7.93. The largest absolute Gasteiger partial charge is 0.480 e. The molecular formula is C6H10O5S. The van der Waals surface area contributed by atoms with Gasteiger partial charge in [0.2, 0.25) is 0 Å². The minimum absolute atomic E-state index is 0.0255. The van der Waals surface area contributed by atoms with Crippen LogP contribution >= 0.6 is 0 Å². The number of rotatable bonds is 3. The van der Waals surface area contributed by atoms with Crippen LogP contribution in [-0.2, 0) is 14.6 Å². The second-order valence-electron chi connectivity index (χ2n) is 3.05. The highest BCUT2D eigenvalue weighted by Gasteiger charge is 2.67. The number of hydrogen-bond donors (Lipinski definition) is 2. The summed E-state index contributed by atoms with van der Waals surface area (Å²) in [6.07, 6.45) is 0.911. The molecule has 5 nitrogen and oxygen atoms in total. The topological polar surface area (TPSA) is 91.7 Å². The molecule has 0 aromatic heterocycles. The molecule has 0 heterocycles. The van der Waals surface area contributed by atoms with E-state index in [0.29, 0.717) is 0 Å². The lowest BCUT2D eigenvalue weighted by Gasteiger charge is -2.07. The minimum atomic E-state index is -3.61. The van der Waals surface area contributed by atoms with Crippen molar-refractivity contribution in [2.45, 2.75) is 11.2 Å². The first-order valence-corrected chi connectivity index (χ1v) is 5.29. The molecule has 0 spiro atoms. The maximum Gasteiger partial charge on any atom is 0.325 e. The zero-order valence-electron chi connectivity index (χ0n) is 6.52. The summed E-state index contributed by atoms with van der Waals surface area (Å²) in [6, 6.07) is 0. The molecule has 0 radical (unpaired) electrons. The second kappa shape index (κ2) is 2.43. The molecule has 1 aliphatic carbocycles. The van der Waals surface area contributed by atoms with Gasteiger partial charge in [-0.25, -0.2) is 8.42 Å². The number of carbonyl (C=O) groups is 1. The molecule has 12 heavy (non-hydrogen) atoms. The van der Waals surface area contributed by atoms with Gasteiger partial charge in [0.15, 0.2) is 14.6 Å². The Morgan fingerprint density at radius 3 is 2.25 bits per heavy atom. The Bertz CT molecular complexity index is 306. The summed E-state index contributed by atoms with van der Waals surface area (Å²) in [7, 11) is -3.61. The van der Waals surface area contributed by atoms with Crippen molar-refractivity contribution in [1.82, 2.24) is 0 Å². The average Bonchev–Trinajstić information content (AvgIpc) is 2.59. The molecule has 0 amide bonds. The Morgan fingerprint density at radius 1 is 1.67 bits per heavy atom. The number of carboxylic acids is 1. The van der Waals surface area contributed by atoms with Crippen LogP contribution in [0.3, 0.4) is 0 Å². The average molecular weight is 194 g/mol. The highest BCUT2D eigenvalue weighted by atomic mass is 32.2. The first kappa shape index (κ1) is 9.47. The van der Waals surface area contributed by atoms with E-state index in [1.807, 2.05) is 0 Å². The first-order chi connectivity index (χ1) is 5.36. The van der Waals surface area contributed by atoms with Crippen LogP contribution in [0.25, 0.3) is 0 Å². The zero-order valence-corrected chi connectivity index (χ0v) is 7.34. The molecule has 0 aromatic carbocycles. The van der Waals surface area contributed by atoms with Crippen LogP contribution in [0.1, 0.15) is 6.42 Å². The highest BCUT2D eigenvalue weighted by Crippen LogP contribution is 2.49. The monoisotopic (exact) mass is 194 g/mol. The van der Waals surface area contributed by atoms with Gasteiger partial charge in [0, 0.05) is 18.8 Å². The van der Waals surface area contributed by atoms with Crippen LogP contribution in [0.4, 0.5) is 0 Å². The smallest absolute Gasteiger partial charge is 0.325 e. The van der Waals surface area contributed by atoms with Crippen LogP contribution in [0.5, 0.6) is 0 Å². The van der Waals surface area contributed by atoms with Crippen LogP contribution in [0.2, 0.25) is 0 Å². The van der Waals surface area contributed by atoms with Crippen molar-refractivity contribution in [3.8, 4) is 0 Å². The molecule has 2 N–H and O–H groups in total. The summed E-state index contributed by atoms with van der Waals surface area (Å²) in [5.41, 5.74) is 0. The van der Waals surface area contributed by atoms with Crippen LogP contribution in [0, 0.1) is 5.92 Å². The SMILES string of the molecule is CS(=O)(=O)C1(C(=O)O)CC1CO. The predicted octanol–water partition coefficient (Wildman–Crippen LogP) is -1.13. The molecule has 0 saturated heterocycles. The normalized spacial score (nSPS) is 34.7. The molecule has 2 unspecified atom stereocenters. The summed E-state index contributed by atoms with van der Waals surface area (Å²) in [5.74, 6) is -1.99. The lowest BCUT2D eigenvalue weighted by atomic mass is 10.3. The zero-order chi connectivity index (χ0) is 9.57. The van der Waals surface area contributed by atoms with E-state index in [9.17, 15) is 13.2 Å². The molecule has 0 bridgehead atoms. The molecular weight excluding hydrogens is 184 g/mol. The van der Waals surface area contributed by atoms with Gasteiger partial charge in [-0.2, -0.15) is 0 Å². The summed E-state index contributed by atoms with van der Waals surface area (Å²) < 4.78 is 20.4. The van der Waals surface area contributed by atoms with Gasteiger partial charge in [0.25, 0.3) is 0 Å². The summed E-state index contributed by atoms with van der Waals surface area (Å²) >= 11 is 0. The van der Waals surface area contributed by atoms with Gasteiger partial charge < -0.3 is 10.2 Å². The van der Waals surface area contributed by atoms with Crippen molar-refractivity contribution in [2.75, 3.05) is 12.9 Å². The van der Waals surface area contributed by atoms with Crippen LogP contribution in [0.15, 0.2) is 0 Å². The van der Waals surface area contributed by atoms with Gasteiger partial charge in [-0.1, -0.05) is 0 Å². The van der Waals surface area contributed by atoms with E-state index in [0.717, 1.165) is 6.26 Å². The van der Waals surface area contributed by atoms with Crippen LogP contribution in [-0.4, -0.2) is 42.2 Å². The van der Waals surface area contributed by atoms with E-state index in [-0.39, 0.29) is 13.0 Å². The van der Waals surface area contributed by atoms with Crippen molar-refractivity contribution in [3.63, 3.8) is 0 Å². The van der Waals surface area contributed by atoms with E-state index in [2.05, 4.69) is 0 Å². The number of aliphatic hydroxyl groups excluding tert-OH is 1. The van der Waals surface area contributed by atoms with Gasteiger partial charge in [-0.15, -0.1) is 0 Å². The Kier molecular flexibility index (Phi) is 1.92. The fourth-order valence-corrected chi connectivity index (χ4v) is 2.89. The van der Waals surface area contributed by atoms with Gasteiger partial charge >= 0.3 is 5.97 Å². The standard InChI is InChI=1S/C6H10O5S/c1-12(10,11)6(5(8)9)2-4(6)3-7/h4,7H,2-3H2,1H3,(H,8,9). The number of hydrogen-bond acceptors (Lipinski definition) is 4. The third-order valence-electron chi connectivity index (χ3n) is 2.29. The predicted molar refractivity (Wildman–Crippen MR) is 40.4 cm³/mol. The molecule has 1 rings (SSSR count). The van der Waals surface area contributed by atoms with E-state index in [4.69, 9.17) is 10.2 Å². The number of carboxylic acid groups (broad SMARTS) is 1. The van der Waals surface area contributed by atoms with Gasteiger partial charge in [-0.05, 0) is 6.42 Å². The fourth-order valence-electron chi connectivity index (χ4n) is 1.39. The van der Waals surface area contributed by atoms with Gasteiger partial charge in [0.1, 0.15) is 0 Å². The Balaban J connectivity index is 3.03. The minimum Gasteiger partial charge on any atom is -0.480 e. The lowest BCUT2D eigenvalue weighted by Crippen LogP contribution is -2.34. The molecule has 0 aromatic rings. The molecule has 1 aliphatic rings. The number of aliphatic carboxylic acids is 1. The summed E-state index contributed by atoms with van der Waals surface area (Å²) in [6.45, 7) is -0.390. The van der Waals surface area contributed by atoms with Gasteiger partial charge in [-0.3, -0.25) is 4.79 Å². The molecule has 0 aliphatic heterocycles. The van der Waals surface area contributed by atoms with E-state index >= 15 is 0 Å². The van der Waals surface area contributed by atoms with Crippen molar-refractivity contribution in [2.24, 2.45) is 5.92 Å². The van der Waals surface area contributed by atoms with Gasteiger partial charge in [0.05, 0.1) is 0 Å². The summed E-state index contributed by atoms with van der Waals surface area (Å²) in [5, 5.41) is 17.3. The summed E-state index contributed by atoms with van der Waals surface area (Å²) in [4.78, 5) is 10.6. The second-order valence-corrected chi connectivity index (χ2v) is 5.32. The first-order valence-electron chi connectivity index (χ1n) is 3.40. The fraction of sp³-hybridized carbons (Fsp3) is 0.833. The maximum absolute atomic E-state index is 11.0. The van der Waals surface area contributed by atoms with Crippen molar-refractivity contribution in [1.29, 1.82) is 0 Å². The Morgan fingerprint density at radius 2 is 2.17 bits per heavy atom. The Labute approximate surface area is 69.9 Å². The van der Waals surface area contributed by atoms with E-state index in [1.165, 1.54) is 0 Å².